The van der Waals surface area contributed by atoms with Crippen molar-refractivity contribution in [2.45, 2.75) is 57.3 Å². The van der Waals surface area contributed by atoms with Crippen LogP contribution in [0, 0.1) is 0 Å². The zero-order valence-electron chi connectivity index (χ0n) is 9.58. The Morgan fingerprint density at radius 2 is 2.07 bits per heavy atom. The van der Waals surface area contributed by atoms with Gasteiger partial charge < -0.3 is 15.2 Å². The van der Waals surface area contributed by atoms with Crippen LogP contribution in [0.3, 0.4) is 0 Å². The second kappa shape index (κ2) is 5.10. The van der Waals surface area contributed by atoms with E-state index in [1.807, 2.05) is 0 Å². The SMILES string of the molecule is COC(C)(C)CCOC1CCC(N)C1. The largest absolute Gasteiger partial charge is 0.379 e. The predicted molar refractivity (Wildman–Crippen MR) is 57.3 cm³/mol. The van der Waals surface area contributed by atoms with Crippen LogP contribution < -0.4 is 5.73 Å². The minimum absolute atomic E-state index is 0.0687. The first kappa shape index (κ1) is 12.0. The lowest BCUT2D eigenvalue weighted by atomic mass is 10.1. The molecule has 0 saturated heterocycles. The van der Waals surface area contributed by atoms with Crippen LogP contribution in [-0.2, 0) is 9.47 Å². The summed E-state index contributed by atoms with van der Waals surface area (Å²) in [5.74, 6) is 0. The molecule has 2 atom stereocenters. The van der Waals surface area contributed by atoms with Crippen LogP contribution in [0.25, 0.3) is 0 Å². The third-order valence-corrected chi connectivity index (χ3v) is 3.04. The van der Waals surface area contributed by atoms with Crippen molar-refractivity contribution in [2.24, 2.45) is 5.73 Å². The fourth-order valence-electron chi connectivity index (χ4n) is 1.70. The van der Waals surface area contributed by atoms with Gasteiger partial charge in [-0.05, 0) is 39.5 Å². The van der Waals surface area contributed by atoms with E-state index in [0.717, 1.165) is 32.3 Å². The van der Waals surface area contributed by atoms with Gasteiger partial charge in [-0.3, -0.25) is 0 Å². The first-order valence-corrected chi connectivity index (χ1v) is 5.46. The van der Waals surface area contributed by atoms with E-state index >= 15 is 0 Å². The van der Waals surface area contributed by atoms with Gasteiger partial charge >= 0.3 is 0 Å². The first-order chi connectivity index (χ1) is 6.53. The average Bonchev–Trinajstić information content (AvgIpc) is 2.51. The van der Waals surface area contributed by atoms with Gasteiger partial charge in [0.1, 0.15) is 0 Å². The highest BCUT2D eigenvalue weighted by molar-refractivity contribution is 4.78. The minimum Gasteiger partial charge on any atom is -0.379 e. The van der Waals surface area contributed by atoms with Gasteiger partial charge in [-0.1, -0.05) is 0 Å². The van der Waals surface area contributed by atoms with Crippen LogP contribution in [0.5, 0.6) is 0 Å². The van der Waals surface area contributed by atoms with Gasteiger partial charge in [-0.15, -0.1) is 0 Å². The molecule has 0 aliphatic heterocycles. The van der Waals surface area contributed by atoms with E-state index < -0.39 is 0 Å². The van der Waals surface area contributed by atoms with Gasteiger partial charge in [-0.25, -0.2) is 0 Å². The predicted octanol–water partition coefficient (Wildman–Crippen LogP) is 1.70. The van der Waals surface area contributed by atoms with Crippen LogP contribution in [0.4, 0.5) is 0 Å². The van der Waals surface area contributed by atoms with Crippen molar-refractivity contribution in [2.75, 3.05) is 13.7 Å². The van der Waals surface area contributed by atoms with Crippen molar-refractivity contribution in [3.63, 3.8) is 0 Å². The summed E-state index contributed by atoms with van der Waals surface area (Å²) in [4.78, 5) is 0. The number of hydrogen-bond acceptors (Lipinski definition) is 3. The quantitative estimate of drug-likeness (QED) is 0.736. The molecule has 1 rings (SSSR count). The molecule has 2 N–H and O–H groups in total. The van der Waals surface area contributed by atoms with E-state index in [-0.39, 0.29) is 5.60 Å². The average molecular weight is 201 g/mol. The highest BCUT2D eigenvalue weighted by atomic mass is 16.5. The molecule has 0 aromatic heterocycles. The van der Waals surface area contributed by atoms with Gasteiger partial charge in [0, 0.05) is 19.8 Å². The van der Waals surface area contributed by atoms with Gasteiger partial charge in [0.05, 0.1) is 11.7 Å². The van der Waals surface area contributed by atoms with E-state index in [1.54, 1.807) is 7.11 Å². The molecule has 3 nitrogen and oxygen atoms in total. The topological polar surface area (TPSA) is 44.5 Å². The third kappa shape index (κ3) is 3.95. The number of hydrogen-bond donors (Lipinski definition) is 1. The maximum Gasteiger partial charge on any atom is 0.0644 e. The highest BCUT2D eigenvalue weighted by Crippen LogP contribution is 2.21. The number of ether oxygens (including phenoxy) is 2. The monoisotopic (exact) mass is 201 g/mol. The zero-order chi connectivity index (χ0) is 10.6. The number of rotatable bonds is 5. The Morgan fingerprint density at radius 3 is 2.57 bits per heavy atom. The van der Waals surface area contributed by atoms with E-state index in [1.165, 1.54) is 0 Å². The molecule has 84 valence electrons. The number of methoxy groups -OCH3 is 1. The molecule has 0 radical (unpaired) electrons. The minimum atomic E-state index is -0.0687. The highest BCUT2D eigenvalue weighted by Gasteiger charge is 2.23. The van der Waals surface area contributed by atoms with Crippen molar-refractivity contribution < 1.29 is 9.47 Å². The van der Waals surface area contributed by atoms with Crippen molar-refractivity contribution in [3.05, 3.63) is 0 Å². The summed E-state index contributed by atoms with van der Waals surface area (Å²) in [7, 11) is 1.74. The fraction of sp³-hybridized carbons (Fsp3) is 1.00. The summed E-state index contributed by atoms with van der Waals surface area (Å²) in [6, 6.07) is 0.357. The maximum absolute atomic E-state index is 5.80. The summed E-state index contributed by atoms with van der Waals surface area (Å²) in [6.45, 7) is 4.94. The summed E-state index contributed by atoms with van der Waals surface area (Å²) in [5.41, 5.74) is 5.74. The normalized spacial score (nSPS) is 28.3. The molecular formula is C11H23NO2. The second-order valence-corrected chi connectivity index (χ2v) is 4.78. The molecule has 1 fully saturated rings. The van der Waals surface area contributed by atoms with Crippen molar-refractivity contribution in [1.29, 1.82) is 0 Å². The Morgan fingerprint density at radius 1 is 1.36 bits per heavy atom. The summed E-state index contributed by atoms with van der Waals surface area (Å²) < 4.78 is 11.1. The Balaban J connectivity index is 2.10. The van der Waals surface area contributed by atoms with E-state index in [0.29, 0.717) is 12.1 Å². The van der Waals surface area contributed by atoms with Crippen molar-refractivity contribution >= 4 is 0 Å². The molecule has 2 unspecified atom stereocenters. The maximum atomic E-state index is 5.80. The Kier molecular flexibility index (Phi) is 4.35. The van der Waals surface area contributed by atoms with Gasteiger partial charge in [0.2, 0.25) is 0 Å². The van der Waals surface area contributed by atoms with Crippen molar-refractivity contribution in [3.8, 4) is 0 Å². The molecule has 1 saturated carbocycles. The lowest BCUT2D eigenvalue weighted by molar-refractivity contribution is -0.0254. The Bertz CT molecular complexity index is 171. The summed E-state index contributed by atoms with van der Waals surface area (Å²) in [6.07, 6.45) is 4.58. The molecule has 0 amide bonds. The molecule has 14 heavy (non-hydrogen) atoms. The molecule has 0 spiro atoms. The lowest BCUT2D eigenvalue weighted by Gasteiger charge is -2.23. The fourth-order valence-corrected chi connectivity index (χ4v) is 1.70. The van der Waals surface area contributed by atoms with E-state index in [9.17, 15) is 0 Å². The third-order valence-electron chi connectivity index (χ3n) is 3.04. The summed E-state index contributed by atoms with van der Waals surface area (Å²) in [5, 5.41) is 0. The summed E-state index contributed by atoms with van der Waals surface area (Å²) >= 11 is 0. The van der Waals surface area contributed by atoms with Crippen molar-refractivity contribution in [1.82, 2.24) is 0 Å². The van der Waals surface area contributed by atoms with Gasteiger partial charge in [0.15, 0.2) is 0 Å². The van der Waals surface area contributed by atoms with Crippen LogP contribution in [0.1, 0.15) is 39.5 Å². The molecule has 1 aliphatic carbocycles. The lowest BCUT2D eigenvalue weighted by Crippen LogP contribution is -2.26. The molecule has 3 heteroatoms. The molecule has 0 heterocycles. The van der Waals surface area contributed by atoms with Crippen LogP contribution >= 0.6 is 0 Å². The number of nitrogens with two attached hydrogens (primary N) is 1. The standard InChI is InChI=1S/C11H23NO2/c1-11(2,13-3)6-7-14-10-5-4-9(12)8-10/h9-10H,4-8,12H2,1-3H3. The molecule has 1 aliphatic rings. The molecule has 0 aromatic carbocycles. The molecule has 0 aromatic rings. The van der Waals surface area contributed by atoms with Crippen LogP contribution in [-0.4, -0.2) is 31.5 Å². The van der Waals surface area contributed by atoms with Gasteiger partial charge in [0.25, 0.3) is 0 Å². The van der Waals surface area contributed by atoms with E-state index in [4.69, 9.17) is 15.2 Å². The molecular weight excluding hydrogens is 178 g/mol. The van der Waals surface area contributed by atoms with E-state index in [2.05, 4.69) is 13.8 Å². The Labute approximate surface area is 86.9 Å². The molecule has 0 bridgehead atoms. The smallest absolute Gasteiger partial charge is 0.0644 e. The van der Waals surface area contributed by atoms with Gasteiger partial charge in [-0.2, -0.15) is 0 Å². The first-order valence-electron chi connectivity index (χ1n) is 5.46. The Hall–Kier alpha value is -0.120. The zero-order valence-corrected chi connectivity index (χ0v) is 9.58. The van der Waals surface area contributed by atoms with Crippen LogP contribution in [0.15, 0.2) is 0 Å². The van der Waals surface area contributed by atoms with Crippen LogP contribution in [0.2, 0.25) is 0 Å². The second-order valence-electron chi connectivity index (χ2n) is 4.78.